The van der Waals surface area contributed by atoms with Crippen LogP contribution >= 0.6 is 0 Å². The summed E-state index contributed by atoms with van der Waals surface area (Å²) in [6, 6.07) is 3.77. The Hall–Kier alpha value is -2.04. The van der Waals surface area contributed by atoms with Crippen molar-refractivity contribution in [1.29, 1.82) is 0 Å². The minimum atomic E-state index is -0.261. The van der Waals surface area contributed by atoms with Crippen molar-refractivity contribution in [3.63, 3.8) is 0 Å². The monoisotopic (exact) mass is 263 g/mol. The molecule has 19 heavy (non-hydrogen) atoms. The van der Waals surface area contributed by atoms with Gasteiger partial charge in [-0.15, -0.1) is 0 Å². The summed E-state index contributed by atoms with van der Waals surface area (Å²) in [6.07, 6.45) is 1.84. The maximum atomic E-state index is 11.3. The first-order valence-electron chi connectivity index (χ1n) is 6.06. The molecular weight excluding hydrogens is 246 g/mol. The smallest absolute Gasteiger partial charge is 0.311 e. The van der Waals surface area contributed by atoms with Crippen LogP contribution in [0.5, 0.6) is 11.5 Å². The van der Waals surface area contributed by atoms with E-state index in [0.29, 0.717) is 11.5 Å². The fourth-order valence-corrected chi connectivity index (χ4v) is 2.09. The van der Waals surface area contributed by atoms with E-state index in [1.54, 1.807) is 14.2 Å². The second-order valence-corrected chi connectivity index (χ2v) is 4.27. The highest BCUT2D eigenvalue weighted by Gasteiger charge is 2.18. The van der Waals surface area contributed by atoms with Crippen molar-refractivity contribution in [2.45, 2.75) is 19.3 Å². The van der Waals surface area contributed by atoms with Crippen LogP contribution in [-0.2, 0) is 16.0 Å². The molecule has 1 aliphatic heterocycles. The van der Waals surface area contributed by atoms with Crippen molar-refractivity contribution in [2.75, 3.05) is 21.3 Å². The predicted octanol–water partition coefficient (Wildman–Crippen LogP) is 2.29. The maximum absolute atomic E-state index is 11.3. The van der Waals surface area contributed by atoms with Gasteiger partial charge < -0.3 is 14.2 Å². The minimum Gasteiger partial charge on any atom is -0.493 e. The third-order valence-corrected chi connectivity index (χ3v) is 3.12. The highest BCUT2D eigenvalue weighted by molar-refractivity contribution is 6.01. The zero-order valence-electron chi connectivity index (χ0n) is 11.4. The van der Waals surface area contributed by atoms with Gasteiger partial charge in [0.2, 0.25) is 0 Å². The summed E-state index contributed by atoms with van der Waals surface area (Å²) in [6.45, 7) is 0. The molecule has 1 heterocycles. The molecule has 5 nitrogen and oxygen atoms in total. The van der Waals surface area contributed by atoms with Gasteiger partial charge in [0.25, 0.3) is 0 Å². The Kier molecular flexibility index (Phi) is 4.04. The molecule has 0 aliphatic carbocycles. The van der Waals surface area contributed by atoms with Crippen molar-refractivity contribution in [3.05, 3.63) is 17.7 Å². The molecule has 1 aromatic rings. The van der Waals surface area contributed by atoms with Gasteiger partial charge >= 0.3 is 5.97 Å². The summed E-state index contributed by atoms with van der Waals surface area (Å²) in [4.78, 5) is 15.8. The van der Waals surface area contributed by atoms with E-state index in [9.17, 15) is 4.79 Å². The van der Waals surface area contributed by atoms with Crippen molar-refractivity contribution in [3.8, 4) is 11.5 Å². The molecule has 0 aromatic heterocycles. The number of fused-ring (bicyclic) bond motifs is 1. The van der Waals surface area contributed by atoms with E-state index in [0.717, 1.165) is 29.8 Å². The number of benzene rings is 1. The SMILES string of the molecule is COC(=O)CC1=Nc2cc(OC)c(OC)cc2CC1. The molecule has 0 amide bonds. The molecule has 5 heteroatoms. The molecule has 2 rings (SSSR count). The molecule has 0 atom stereocenters. The predicted molar refractivity (Wildman–Crippen MR) is 71.6 cm³/mol. The Balaban J connectivity index is 2.31. The van der Waals surface area contributed by atoms with Gasteiger partial charge in [-0.2, -0.15) is 0 Å². The number of nitrogens with zero attached hydrogens (tertiary/aromatic N) is 1. The van der Waals surface area contributed by atoms with Gasteiger partial charge in [0.05, 0.1) is 33.4 Å². The number of ether oxygens (including phenoxy) is 3. The third kappa shape index (κ3) is 2.86. The zero-order chi connectivity index (χ0) is 13.8. The molecule has 0 spiro atoms. The largest absolute Gasteiger partial charge is 0.493 e. The van der Waals surface area contributed by atoms with E-state index in [1.165, 1.54) is 7.11 Å². The van der Waals surface area contributed by atoms with Gasteiger partial charge in [-0.1, -0.05) is 0 Å². The van der Waals surface area contributed by atoms with E-state index in [1.807, 2.05) is 12.1 Å². The second kappa shape index (κ2) is 5.73. The summed E-state index contributed by atoms with van der Waals surface area (Å²) < 4.78 is 15.2. The van der Waals surface area contributed by atoms with Gasteiger partial charge in [0.1, 0.15) is 0 Å². The number of aliphatic imine (C=N–C) groups is 1. The van der Waals surface area contributed by atoms with Crippen molar-refractivity contribution >= 4 is 17.4 Å². The molecular formula is C14H17NO4. The lowest BCUT2D eigenvalue weighted by molar-refractivity contribution is -0.139. The van der Waals surface area contributed by atoms with Crippen LogP contribution in [-0.4, -0.2) is 33.0 Å². The highest BCUT2D eigenvalue weighted by atomic mass is 16.5. The maximum Gasteiger partial charge on any atom is 0.311 e. The number of rotatable bonds is 4. The van der Waals surface area contributed by atoms with Crippen LogP contribution in [0.4, 0.5) is 5.69 Å². The summed E-state index contributed by atoms with van der Waals surface area (Å²) in [7, 11) is 4.58. The first-order chi connectivity index (χ1) is 9.17. The number of carbonyl (C=O) groups excluding carboxylic acids is 1. The molecule has 0 fully saturated rings. The second-order valence-electron chi connectivity index (χ2n) is 4.27. The van der Waals surface area contributed by atoms with Gasteiger partial charge in [-0.05, 0) is 24.5 Å². The Bertz CT molecular complexity index is 522. The average molecular weight is 263 g/mol. The Morgan fingerprint density at radius 2 is 1.84 bits per heavy atom. The molecule has 102 valence electrons. The van der Waals surface area contributed by atoms with Crippen LogP contribution in [0.25, 0.3) is 0 Å². The molecule has 0 unspecified atom stereocenters. The normalized spacial score (nSPS) is 13.3. The molecule has 0 N–H and O–H groups in total. The first-order valence-corrected chi connectivity index (χ1v) is 6.06. The fraction of sp³-hybridized carbons (Fsp3) is 0.429. The number of esters is 1. The fourth-order valence-electron chi connectivity index (χ4n) is 2.09. The van der Waals surface area contributed by atoms with Crippen LogP contribution in [0, 0.1) is 0 Å². The summed E-state index contributed by atoms with van der Waals surface area (Å²) in [5.41, 5.74) is 2.78. The van der Waals surface area contributed by atoms with Gasteiger partial charge in [0.15, 0.2) is 11.5 Å². The van der Waals surface area contributed by atoms with E-state index in [2.05, 4.69) is 9.73 Å². The highest BCUT2D eigenvalue weighted by Crippen LogP contribution is 2.37. The van der Waals surface area contributed by atoms with Crippen LogP contribution in [0.3, 0.4) is 0 Å². The molecule has 0 saturated heterocycles. The average Bonchev–Trinajstić information content (AvgIpc) is 2.45. The van der Waals surface area contributed by atoms with E-state index in [-0.39, 0.29) is 12.4 Å². The lowest BCUT2D eigenvalue weighted by Crippen LogP contribution is -2.13. The van der Waals surface area contributed by atoms with Crippen LogP contribution in [0.15, 0.2) is 17.1 Å². The molecule has 0 radical (unpaired) electrons. The number of aryl methyl sites for hydroxylation is 1. The third-order valence-electron chi connectivity index (χ3n) is 3.12. The van der Waals surface area contributed by atoms with Gasteiger partial charge in [-0.25, -0.2) is 0 Å². The van der Waals surface area contributed by atoms with Crippen molar-refractivity contribution < 1.29 is 19.0 Å². The topological polar surface area (TPSA) is 57.1 Å². The number of hydrogen-bond acceptors (Lipinski definition) is 5. The minimum absolute atomic E-state index is 0.240. The van der Waals surface area contributed by atoms with Crippen molar-refractivity contribution in [1.82, 2.24) is 0 Å². The summed E-state index contributed by atoms with van der Waals surface area (Å²) >= 11 is 0. The Morgan fingerprint density at radius 1 is 1.16 bits per heavy atom. The molecule has 0 saturated carbocycles. The van der Waals surface area contributed by atoms with E-state index >= 15 is 0 Å². The summed E-state index contributed by atoms with van der Waals surface area (Å²) in [5, 5.41) is 0. The van der Waals surface area contributed by atoms with Crippen LogP contribution < -0.4 is 9.47 Å². The number of carbonyl (C=O) groups is 1. The van der Waals surface area contributed by atoms with Gasteiger partial charge in [-0.3, -0.25) is 9.79 Å². The Labute approximate surface area is 112 Å². The first kappa shape index (κ1) is 13.4. The summed E-state index contributed by atoms with van der Waals surface area (Å²) in [5.74, 6) is 1.08. The lowest BCUT2D eigenvalue weighted by atomic mass is 9.99. The number of hydrogen-bond donors (Lipinski definition) is 0. The standard InChI is InChI=1S/C14H17NO4/c1-17-12-6-9-4-5-10(7-14(16)19-3)15-11(9)8-13(12)18-2/h6,8H,4-5,7H2,1-3H3. The molecule has 1 aliphatic rings. The van der Waals surface area contributed by atoms with Crippen molar-refractivity contribution in [2.24, 2.45) is 4.99 Å². The number of methoxy groups -OCH3 is 3. The zero-order valence-corrected chi connectivity index (χ0v) is 11.4. The lowest BCUT2D eigenvalue weighted by Gasteiger charge is -2.17. The van der Waals surface area contributed by atoms with E-state index in [4.69, 9.17) is 9.47 Å². The van der Waals surface area contributed by atoms with Crippen LogP contribution in [0.2, 0.25) is 0 Å². The molecule has 1 aromatic carbocycles. The Morgan fingerprint density at radius 3 is 2.47 bits per heavy atom. The van der Waals surface area contributed by atoms with Crippen LogP contribution in [0.1, 0.15) is 18.4 Å². The quantitative estimate of drug-likeness (QED) is 0.782. The molecule has 0 bridgehead atoms. The van der Waals surface area contributed by atoms with Gasteiger partial charge in [0, 0.05) is 11.8 Å². The van der Waals surface area contributed by atoms with E-state index < -0.39 is 0 Å².